The maximum Gasteiger partial charge on any atom is 0.162 e. The predicted octanol–water partition coefficient (Wildman–Crippen LogP) is 2.29. The Kier molecular flexibility index (Phi) is 3.59. The Morgan fingerprint density at radius 1 is 1.19 bits per heavy atom. The fourth-order valence-electron chi connectivity index (χ4n) is 2.72. The zero-order valence-corrected chi connectivity index (χ0v) is 12.6. The first-order valence-electron chi connectivity index (χ1n) is 7.19. The van der Waals surface area contributed by atoms with Crippen molar-refractivity contribution in [3.63, 3.8) is 0 Å². The van der Waals surface area contributed by atoms with E-state index in [1.165, 1.54) is 0 Å². The van der Waals surface area contributed by atoms with Crippen molar-refractivity contribution in [3.05, 3.63) is 29.0 Å². The second kappa shape index (κ2) is 5.41. The fourth-order valence-corrected chi connectivity index (χ4v) is 2.72. The Bertz CT molecular complexity index is 706. The maximum absolute atomic E-state index is 11.9. The number of ether oxygens (including phenoxy) is 1. The smallest absolute Gasteiger partial charge is 0.162 e. The highest BCUT2D eigenvalue weighted by atomic mass is 16.5. The van der Waals surface area contributed by atoms with Crippen LogP contribution in [0.3, 0.4) is 0 Å². The largest absolute Gasteiger partial charge is 0.378 e. The molecule has 1 fully saturated rings. The minimum absolute atomic E-state index is 0.0229. The van der Waals surface area contributed by atoms with Gasteiger partial charge in [-0.15, -0.1) is 0 Å². The third-order valence-corrected chi connectivity index (χ3v) is 3.75. The lowest BCUT2D eigenvalue weighted by atomic mass is 10.1. The molecule has 0 amide bonds. The summed E-state index contributed by atoms with van der Waals surface area (Å²) < 4.78 is 5.38. The highest BCUT2D eigenvalue weighted by molar-refractivity contribution is 6.05. The second-order valence-corrected chi connectivity index (χ2v) is 5.47. The average Bonchev–Trinajstić information content (AvgIpc) is 2.46. The van der Waals surface area contributed by atoms with E-state index in [4.69, 9.17) is 9.72 Å². The van der Waals surface area contributed by atoms with E-state index in [1.807, 2.05) is 26.0 Å². The summed E-state index contributed by atoms with van der Waals surface area (Å²) in [6.45, 7) is 8.53. The third-order valence-electron chi connectivity index (χ3n) is 3.75. The summed E-state index contributed by atoms with van der Waals surface area (Å²) in [6.07, 6.45) is 0. The van der Waals surface area contributed by atoms with E-state index in [9.17, 15) is 4.79 Å². The molecule has 0 aliphatic carbocycles. The lowest BCUT2D eigenvalue weighted by molar-refractivity contribution is 0.101. The number of hydrogen-bond acceptors (Lipinski definition) is 5. The van der Waals surface area contributed by atoms with Crippen LogP contribution in [0.5, 0.6) is 0 Å². The van der Waals surface area contributed by atoms with Crippen LogP contribution in [0.15, 0.2) is 12.1 Å². The number of nitrogens with zero attached hydrogens (tertiary/aromatic N) is 3. The van der Waals surface area contributed by atoms with Crippen LogP contribution in [-0.4, -0.2) is 42.1 Å². The third kappa shape index (κ3) is 2.61. The molecular formula is C16H19N3O2. The first-order chi connectivity index (χ1) is 10.1. The highest BCUT2D eigenvalue weighted by Gasteiger charge is 2.18. The molecule has 21 heavy (non-hydrogen) atoms. The number of ketones is 1. The topological polar surface area (TPSA) is 55.3 Å². The first-order valence-corrected chi connectivity index (χ1v) is 7.19. The van der Waals surface area contributed by atoms with Crippen LogP contribution in [0.2, 0.25) is 0 Å². The Labute approximate surface area is 124 Å². The Morgan fingerprint density at radius 2 is 1.90 bits per heavy atom. The van der Waals surface area contributed by atoms with Gasteiger partial charge in [-0.1, -0.05) is 0 Å². The van der Waals surface area contributed by atoms with Crippen LogP contribution in [0.1, 0.15) is 28.5 Å². The van der Waals surface area contributed by atoms with Crippen molar-refractivity contribution in [2.75, 3.05) is 31.2 Å². The van der Waals surface area contributed by atoms with Crippen molar-refractivity contribution in [2.45, 2.75) is 20.8 Å². The molecule has 1 aliphatic rings. The summed E-state index contributed by atoms with van der Waals surface area (Å²) in [6, 6.07) is 3.86. The minimum atomic E-state index is 0.0229. The van der Waals surface area contributed by atoms with Gasteiger partial charge >= 0.3 is 0 Å². The number of hydrogen-bond donors (Lipinski definition) is 0. The van der Waals surface area contributed by atoms with Gasteiger partial charge in [0.15, 0.2) is 11.6 Å². The van der Waals surface area contributed by atoms with E-state index in [2.05, 4.69) is 9.88 Å². The van der Waals surface area contributed by atoms with Gasteiger partial charge in [-0.3, -0.25) is 4.79 Å². The summed E-state index contributed by atoms with van der Waals surface area (Å²) in [7, 11) is 0. The molecular weight excluding hydrogens is 266 g/mol. The highest BCUT2D eigenvalue weighted by Crippen LogP contribution is 2.24. The molecule has 0 radical (unpaired) electrons. The van der Waals surface area contributed by atoms with Crippen LogP contribution in [0.25, 0.3) is 11.0 Å². The van der Waals surface area contributed by atoms with Gasteiger partial charge in [0.05, 0.1) is 24.4 Å². The SMILES string of the molecule is CC(=O)c1cc(C)cc2nc(C)c(N3CCOCC3)nc12. The number of rotatable bonds is 2. The molecule has 110 valence electrons. The molecule has 0 spiro atoms. The van der Waals surface area contributed by atoms with Crippen molar-refractivity contribution < 1.29 is 9.53 Å². The van der Waals surface area contributed by atoms with Gasteiger partial charge in [-0.05, 0) is 38.5 Å². The summed E-state index contributed by atoms with van der Waals surface area (Å²) in [4.78, 5) is 23.5. The predicted molar refractivity (Wildman–Crippen MR) is 82.0 cm³/mol. The normalized spacial score (nSPS) is 15.5. The van der Waals surface area contributed by atoms with Gasteiger partial charge in [-0.25, -0.2) is 9.97 Å². The standard InChI is InChI=1S/C16H19N3O2/c1-10-8-13(12(3)20)15-14(9-10)17-11(2)16(18-15)19-4-6-21-7-5-19/h8-9H,4-7H2,1-3H3. The van der Waals surface area contributed by atoms with E-state index >= 15 is 0 Å². The molecule has 3 rings (SSSR count). The molecule has 0 N–H and O–H groups in total. The molecule has 1 aliphatic heterocycles. The summed E-state index contributed by atoms with van der Waals surface area (Å²) >= 11 is 0. The number of Topliss-reactive ketones (excluding diaryl/α,β-unsaturated/α-hetero) is 1. The zero-order valence-electron chi connectivity index (χ0n) is 12.6. The maximum atomic E-state index is 11.9. The number of morpholine rings is 1. The lowest BCUT2D eigenvalue weighted by Gasteiger charge is -2.28. The van der Waals surface area contributed by atoms with Crippen LogP contribution in [-0.2, 0) is 4.74 Å². The summed E-state index contributed by atoms with van der Waals surface area (Å²) in [5, 5.41) is 0. The number of anilines is 1. The van der Waals surface area contributed by atoms with Crippen molar-refractivity contribution >= 4 is 22.6 Å². The van der Waals surface area contributed by atoms with Gasteiger partial charge in [0, 0.05) is 18.7 Å². The Balaban J connectivity index is 2.18. The molecule has 1 saturated heterocycles. The van der Waals surface area contributed by atoms with Gasteiger partial charge in [0.1, 0.15) is 5.52 Å². The first kappa shape index (κ1) is 13.9. The monoisotopic (exact) mass is 285 g/mol. The van der Waals surface area contributed by atoms with E-state index in [0.29, 0.717) is 24.3 Å². The molecule has 1 aromatic heterocycles. The number of carbonyl (C=O) groups excluding carboxylic acids is 1. The fraction of sp³-hybridized carbons (Fsp3) is 0.438. The van der Waals surface area contributed by atoms with Crippen LogP contribution in [0, 0.1) is 13.8 Å². The molecule has 0 bridgehead atoms. The lowest BCUT2D eigenvalue weighted by Crippen LogP contribution is -2.37. The second-order valence-electron chi connectivity index (χ2n) is 5.47. The molecule has 0 unspecified atom stereocenters. The van der Waals surface area contributed by atoms with Crippen molar-refractivity contribution in [1.29, 1.82) is 0 Å². The van der Waals surface area contributed by atoms with Gasteiger partial charge in [0.2, 0.25) is 0 Å². The van der Waals surface area contributed by atoms with E-state index in [0.717, 1.165) is 35.7 Å². The summed E-state index contributed by atoms with van der Waals surface area (Å²) in [5.74, 6) is 0.881. The van der Waals surface area contributed by atoms with Gasteiger partial charge < -0.3 is 9.64 Å². The molecule has 5 nitrogen and oxygen atoms in total. The van der Waals surface area contributed by atoms with E-state index < -0.39 is 0 Å². The van der Waals surface area contributed by atoms with Gasteiger partial charge in [0.25, 0.3) is 0 Å². The number of aryl methyl sites for hydroxylation is 2. The zero-order chi connectivity index (χ0) is 15.0. The number of aromatic nitrogens is 2. The quantitative estimate of drug-likeness (QED) is 0.792. The Hall–Kier alpha value is -2.01. The van der Waals surface area contributed by atoms with Crippen LogP contribution < -0.4 is 4.90 Å². The van der Waals surface area contributed by atoms with Crippen molar-refractivity contribution in [2.24, 2.45) is 0 Å². The van der Waals surface area contributed by atoms with Crippen molar-refractivity contribution in [3.8, 4) is 0 Å². The van der Waals surface area contributed by atoms with Gasteiger partial charge in [-0.2, -0.15) is 0 Å². The molecule has 2 aromatic rings. The molecule has 5 heteroatoms. The molecule has 1 aromatic carbocycles. The number of fused-ring (bicyclic) bond motifs is 1. The number of carbonyl (C=O) groups is 1. The number of benzene rings is 1. The van der Waals surface area contributed by atoms with Crippen LogP contribution >= 0.6 is 0 Å². The molecule has 0 saturated carbocycles. The van der Waals surface area contributed by atoms with E-state index in [1.54, 1.807) is 6.92 Å². The minimum Gasteiger partial charge on any atom is -0.378 e. The van der Waals surface area contributed by atoms with Crippen molar-refractivity contribution in [1.82, 2.24) is 9.97 Å². The van der Waals surface area contributed by atoms with Crippen LogP contribution in [0.4, 0.5) is 5.82 Å². The average molecular weight is 285 g/mol. The molecule has 2 heterocycles. The molecule has 0 atom stereocenters. The van der Waals surface area contributed by atoms with E-state index in [-0.39, 0.29) is 5.78 Å². The Morgan fingerprint density at radius 3 is 2.57 bits per heavy atom. The summed E-state index contributed by atoms with van der Waals surface area (Å²) in [5.41, 5.74) is 4.05.